The van der Waals surface area contributed by atoms with E-state index in [9.17, 15) is 22.8 Å². The van der Waals surface area contributed by atoms with Crippen LogP contribution in [0.5, 0.6) is 5.75 Å². The molecule has 2 aromatic rings. The Morgan fingerprint density at radius 3 is 2.52 bits per heavy atom. The molecule has 1 aliphatic rings. The number of amides is 2. The van der Waals surface area contributed by atoms with Crippen LogP contribution in [0.25, 0.3) is 6.08 Å². The molecule has 0 bridgehead atoms. The number of hydrogen-bond donors (Lipinski definition) is 2. The zero-order valence-corrected chi connectivity index (χ0v) is 15.7. The number of anilines is 1. The van der Waals surface area contributed by atoms with Crippen LogP contribution in [0.2, 0.25) is 5.02 Å². The predicted octanol–water partition coefficient (Wildman–Crippen LogP) is 4.78. The average Bonchev–Trinajstić information content (AvgIpc) is 3.43. The van der Waals surface area contributed by atoms with Crippen LogP contribution in [0, 0.1) is 0 Å². The minimum atomic E-state index is -4.84. The maximum absolute atomic E-state index is 12.4. The quantitative estimate of drug-likeness (QED) is 0.656. The van der Waals surface area contributed by atoms with Crippen LogP contribution >= 0.6 is 11.6 Å². The fourth-order valence-electron chi connectivity index (χ4n) is 2.45. The largest absolute Gasteiger partial charge is 0.573 e. The molecule has 9 heteroatoms. The Bertz CT molecular complexity index is 956. The summed E-state index contributed by atoms with van der Waals surface area (Å²) in [6.07, 6.45) is -0.673. The minimum Gasteiger partial charge on any atom is -0.405 e. The van der Waals surface area contributed by atoms with Crippen molar-refractivity contribution in [2.24, 2.45) is 0 Å². The van der Waals surface area contributed by atoms with Crippen LogP contribution in [0.4, 0.5) is 18.9 Å². The summed E-state index contributed by atoms with van der Waals surface area (Å²) in [7, 11) is 0. The Hall–Kier alpha value is -3.00. The van der Waals surface area contributed by atoms with E-state index in [1.165, 1.54) is 42.5 Å². The number of halogens is 4. The van der Waals surface area contributed by atoms with Crippen LogP contribution in [0.15, 0.2) is 48.5 Å². The molecule has 5 nitrogen and oxygen atoms in total. The molecule has 0 aliphatic heterocycles. The first-order chi connectivity index (χ1) is 13.7. The van der Waals surface area contributed by atoms with E-state index in [1.54, 1.807) is 0 Å². The molecule has 1 fully saturated rings. The van der Waals surface area contributed by atoms with Gasteiger partial charge in [0, 0.05) is 23.4 Å². The maximum Gasteiger partial charge on any atom is 0.573 e. The molecule has 0 atom stereocenters. The van der Waals surface area contributed by atoms with Gasteiger partial charge in [-0.15, -0.1) is 13.2 Å². The Kier molecular flexibility index (Phi) is 6.12. The number of rotatable bonds is 6. The average molecular weight is 425 g/mol. The fourth-order valence-corrected chi connectivity index (χ4v) is 2.72. The smallest absolute Gasteiger partial charge is 0.405 e. The molecule has 0 aromatic heterocycles. The molecule has 0 saturated heterocycles. The normalized spacial score (nSPS) is 13.9. The molecule has 1 saturated carbocycles. The molecule has 2 N–H and O–H groups in total. The van der Waals surface area contributed by atoms with Crippen molar-refractivity contribution in [1.82, 2.24) is 5.32 Å². The third-order valence-corrected chi connectivity index (χ3v) is 4.27. The highest BCUT2D eigenvalue weighted by Crippen LogP contribution is 2.27. The first-order valence-electron chi connectivity index (χ1n) is 8.65. The number of ether oxygens (including phenoxy) is 1. The van der Waals surface area contributed by atoms with Gasteiger partial charge in [-0.25, -0.2) is 0 Å². The van der Waals surface area contributed by atoms with Gasteiger partial charge in [0.25, 0.3) is 5.91 Å². The molecule has 0 heterocycles. The van der Waals surface area contributed by atoms with Crippen molar-refractivity contribution in [3.63, 3.8) is 0 Å². The zero-order chi connectivity index (χ0) is 21.0. The second kappa shape index (κ2) is 8.57. The van der Waals surface area contributed by atoms with Crippen LogP contribution in [-0.4, -0.2) is 24.2 Å². The van der Waals surface area contributed by atoms with Crippen molar-refractivity contribution in [2.75, 3.05) is 5.32 Å². The Morgan fingerprint density at radius 2 is 1.86 bits per heavy atom. The van der Waals surface area contributed by atoms with Crippen LogP contribution in [0.3, 0.4) is 0 Å². The van der Waals surface area contributed by atoms with E-state index in [4.69, 9.17) is 11.6 Å². The predicted molar refractivity (Wildman–Crippen MR) is 103 cm³/mol. The number of alkyl halides is 3. The lowest BCUT2D eigenvalue weighted by molar-refractivity contribution is -0.274. The molecule has 3 rings (SSSR count). The summed E-state index contributed by atoms with van der Waals surface area (Å²) < 4.78 is 41.3. The summed E-state index contributed by atoms with van der Waals surface area (Å²) >= 11 is 6.11. The van der Waals surface area contributed by atoms with E-state index in [0.29, 0.717) is 11.3 Å². The number of hydrogen-bond acceptors (Lipinski definition) is 3. The van der Waals surface area contributed by atoms with Crippen LogP contribution < -0.4 is 15.4 Å². The molecule has 29 heavy (non-hydrogen) atoms. The summed E-state index contributed by atoms with van der Waals surface area (Å²) in [5, 5.41) is 5.53. The lowest BCUT2D eigenvalue weighted by Crippen LogP contribution is -2.25. The van der Waals surface area contributed by atoms with Gasteiger partial charge in [-0.05, 0) is 43.2 Å². The molecule has 2 amide bonds. The van der Waals surface area contributed by atoms with Gasteiger partial charge in [-0.2, -0.15) is 0 Å². The van der Waals surface area contributed by atoms with E-state index >= 15 is 0 Å². The molecule has 0 spiro atoms. The topological polar surface area (TPSA) is 67.4 Å². The molecule has 2 aromatic carbocycles. The van der Waals surface area contributed by atoms with Crippen molar-refractivity contribution in [2.45, 2.75) is 25.2 Å². The SMILES string of the molecule is O=C(C=Cc1ccccc1OC(F)(F)F)Nc1ccc(C(=O)NC2CC2)c(Cl)c1. The van der Waals surface area contributed by atoms with Crippen LogP contribution in [-0.2, 0) is 4.79 Å². The van der Waals surface area contributed by atoms with Gasteiger partial charge < -0.3 is 15.4 Å². The Balaban J connectivity index is 1.65. The number of carbonyl (C=O) groups excluding carboxylic acids is 2. The van der Waals surface area contributed by atoms with Gasteiger partial charge in [0.2, 0.25) is 5.91 Å². The van der Waals surface area contributed by atoms with Gasteiger partial charge in [0.05, 0.1) is 10.6 Å². The molecular formula is C20H16ClF3N2O3. The molecule has 1 aliphatic carbocycles. The standard InChI is InChI=1S/C20H16ClF3N2O3/c21-16-11-14(8-9-15(16)19(28)26-13-6-7-13)25-18(27)10-5-12-3-1-2-4-17(12)29-20(22,23)24/h1-5,8-11,13H,6-7H2,(H,25,27)(H,26,28). The summed E-state index contributed by atoms with van der Waals surface area (Å²) in [6.45, 7) is 0. The number of carbonyl (C=O) groups is 2. The van der Waals surface area contributed by atoms with Gasteiger partial charge in [-0.3, -0.25) is 9.59 Å². The van der Waals surface area contributed by atoms with Gasteiger partial charge in [-0.1, -0.05) is 29.8 Å². The van der Waals surface area contributed by atoms with Crippen molar-refractivity contribution in [1.29, 1.82) is 0 Å². The van der Waals surface area contributed by atoms with Crippen molar-refractivity contribution >= 4 is 35.2 Å². The summed E-state index contributed by atoms with van der Waals surface area (Å²) in [4.78, 5) is 24.1. The minimum absolute atomic E-state index is 0.0881. The molecule has 0 radical (unpaired) electrons. The van der Waals surface area contributed by atoms with Gasteiger partial charge >= 0.3 is 6.36 Å². The summed E-state index contributed by atoms with van der Waals surface area (Å²) in [6, 6.07) is 10.1. The van der Waals surface area contributed by atoms with E-state index < -0.39 is 18.0 Å². The highest BCUT2D eigenvalue weighted by molar-refractivity contribution is 6.34. The molecule has 152 valence electrons. The monoisotopic (exact) mass is 424 g/mol. The van der Waals surface area contributed by atoms with Crippen molar-refractivity contribution in [3.8, 4) is 5.75 Å². The second-order valence-electron chi connectivity index (χ2n) is 6.35. The molecular weight excluding hydrogens is 409 g/mol. The maximum atomic E-state index is 12.4. The molecule has 0 unspecified atom stereocenters. The van der Waals surface area contributed by atoms with Crippen LogP contribution in [0.1, 0.15) is 28.8 Å². The van der Waals surface area contributed by atoms with Gasteiger partial charge in [0.15, 0.2) is 0 Å². The number of para-hydroxylation sites is 1. The second-order valence-corrected chi connectivity index (χ2v) is 6.76. The zero-order valence-electron chi connectivity index (χ0n) is 14.9. The van der Waals surface area contributed by atoms with E-state index in [0.717, 1.165) is 25.0 Å². The Morgan fingerprint density at radius 1 is 1.14 bits per heavy atom. The highest BCUT2D eigenvalue weighted by Gasteiger charge is 2.31. The third kappa shape index (κ3) is 6.25. The van der Waals surface area contributed by atoms with E-state index in [1.807, 2.05) is 0 Å². The highest BCUT2D eigenvalue weighted by atomic mass is 35.5. The lowest BCUT2D eigenvalue weighted by atomic mass is 10.1. The van der Waals surface area contributed by atoms with Crippen molar-refractivity contribution in [3.05, 3.63) is 64.7 Å². The first kappa shape index (κ1) is 20.7. The number of benzene rings is 2. The van der Waals surface area contributed by atoms with Crippen molar-refractivity contribution < 1.29 is 27.5 Å². The van der Waals surface area contributed by atoms with E-state index in [2.05, 4.69) is 15.4 Å². The summed E-state index contributed by atoms with van der Waals surface area (Å²) in [5.74, 6) is -1.28. The van der Waals surface area contributed by atoms with E-state index in [-0.39, 0.29) is 22.5 Å². The third-order valence-electron chi connectivity index (χ3n) is 3.95. The number of nitrogens with one attached hydrogen (secondary N) is 2. The Labute approximate surface area is 169 Å². The first-order valence-corrected chi connectivity index (χ1v) is 9.03. The fraction of sp³-hybridized carbons (Fsp3) is 0.200. The summed E-state index contributed by atoms with van der Waals surface area (Å²) in [5.41, 5.74) is 0.725. The van der Waals surface area contributed by atoms with Gasteiger partial charge in [0.1, 0.15) is 5.75 Å². The lowest BCUT2D eigenvalue weighted by Gasteiger charge is -2.11.